The molecule has 6 heteroatoms. The molecular weight excluding hydrogens is 240 g/mol. The van der Waals surface area contributed by atoms with Gasteiger partial charge < -0.3 is 4.74 Å². The van der Waals surface area contributed by atoms with Crippen LogP contribution in [-0.4, -0.2) is 14.4 Å². The lowest BCUT2D eigenvalue weighted by Gasteiger charge is -2.15. The maximum atomic E-state index is 11.0. The van der Waals surface area contributed by atoms with Crippen molar-refractivity contribution in [3.63, 3.8) is 0 Å². The van der Waals surface area contributed by atoms with Gasteiger partial charge in [-0.1, -0.05) is 0 Å². The van der Waals surface area contributed by atoms with Crippen molar-refractivity contribution in [3.05, 3.63) is 23.8 Å². The number of carbonyl (C=O) groups is 1. The van der Waals surface area contributed by atoms with Crippen molar-refractivity contribution in [2.24, 2.45) is 0 Å². The van der Waals surface area contributed by atoms with Gasteiger partial charge in [0.2, 0.25) is 0 Å². The topological polar surface area (TPSA) is 60.4 Å². The number of hydrogen-bond acceptors (Lipinski definition) is 4. The number of rotatable bonds is 1. The molecule has 1 heterocycles. The third-order valence-corrected chi connectivity index (χ3v) is 3.49. The average Bonchev–Trinajstić information content (AvgIpc) is 2.15. The zero-order valence-electron chi connectivity index (χ0n) is 7.57. The zero-order valence-corrected chi connectivity index (χ0v) is 9.14. The molecule has 1 aromatic rings. The molecule has 0 N–H and O–H groups in total. The summed E-state index contributed by atoms with van der Waals surface area (Å²) in [5, 5.41) is 0. The first kappa shape index (κ1) is 10.4. The highest BCUT2D eigenvalue weighted by Gasteiger charge is 2.19. The van der Waals surface area contributed by atoms with Crippen molar-refractivity contribution in [3.8, 4) is 5.75 Å². The minimum atomic E-state index is -3.72. The summed E-state index contributed by atoms with van der Waals surface area (Å²) in [6.07, 6.45) is 0.743. The Bertz CT molecular complexity index is 521. The number of aryl methyl sites for hydroxylation is 1. The number of benzene rings is 1. The molecule has 0 spiro atoms. The first-order valence-corrected chi connectivity index (χ1v) is 6.56. The van der Waals surface area contributed by atoms with Gasteiger partial charge in [-0.25, -0.2) is 8.42 Å². The Morgan fingerprint density at radius 3 is 2.67 bits per heavy atom. The number of ether oxygens (including phenoxy) is 1. The number of fused-ring (bicyclic) bond motifs is 1. The molecule has 1 aliphatic heterocycles. The summed E-state index contributed by atoms with van der Waals surface area (Å²) >= 11 is 0. The van der Waals surface area contributed by atoms with Crippen LogP contribution in [0.3, 0.4) is 0 Å². The van der Waals surface area contributed by atoms with Gasteiger partial charge in [0, 0.05) is 10.7 Å². The molecule has 0 aliphatic carbocycles. The van der Waals surface area contributed by atoms with E-state index in [0.29, 0.717) is 17.7 Å². The highest BCUT2D eigenvalue weighted by atomic mass is 35.7. The van der Waals surface area contributed by atoms with Crippen LogP contribution in [0.15, 0.2) is 23.1 Å². The maximum absolute atomic E-state index is 11.0. The van der Waals surface area contributed by atoms with Crippen LogP contribution in [0.4, 0.5) is 0 Å². The van der Waals surface area contributed by atoms with E-state index in [1.165, 1.54) is 18.2 Å². The lowest BCUT2D eigenvalue weighted by Crippen LogP contribution is -2.15. The van der Waals surface area contributed by atoms with Crippen molar-refractivity contribution in [2.75, 3.05) is 0 Å². The van der Waals surface area contributed by atoms with Gasteiger partial charge in [-0.15, -0.1) is 0 Å². The van der Waals surface area contributed by atoms with Gasteiger partial charge in [0.25, 0.3) is 9.05 Å². The molecule has 4 nitrogen and oxygen atoms in total. The van der Waals surface area contributed by atoms with Crippen molar-refractivity contribution in [1.29, 1.82) is 0 Å². The molecule has 0 unspecified atom stereocenters. The molecule has 80 valence electrons. The van der Waals surface area contributed by atoms with Gasteiger partial charge in [-0.05, 0) is 30.2 Å². The Morgan fingerprint density at radius 2 is 2.00 bits per heavy atom. The van der Waals surface area contributed by atoms with Crippen molar-refractivity contribution >= 4 is 25.7 Å². The molecule has 0 saturated carbocycles. The Morgan fingerprint density at radius 1 is 1.27 bits per heavy atom. The average molecular weight is 247 g/mol. The van der Waals surface area contributed by atoms with Crippen molar-refractivity contribution in [2.45, 2.75) is 17.7 Å². The SMILES string of the molecule is O=C1CCc2cc(S(=O)(=O)Cl)ccc2O1. The smallest absolute Gasteiger partial charge is 0.311 e. The molecule has 0 atom stereocenters. The van der Waals surface area contributed by atoms with Crippen LogP contribution < -0.4 is 4.74 Å². The van der Waals surface area contributed by atoms with Crippen LogP contribution >= 0.6 is 10.7 Å². The van der Waals surface area contributed by atoms with Crippen LogP contribution in [0.5, 0.6) is 5.75 Å². The molecule has 2 rings (SSSR count). The number of carbonyl (C=O) groups excluding carboxylic acids is 1. The molecule has 0 aromatic heterocycles. The molecule has 15 heavy (non-hydrogen) atoms. The van der Waals surface area contributed by atoms with Gasteiger partial charge in [0.15, 0.2) is 0 Å². The molecule has 1 aromatic carbocycles. The second-order valence-electron chi connectivity index (χ2n) is 3.18. The number of esters is 1. The lowest BCUT2D eigenvalue weighted by atomic mass is 10.1. The third kappa shape index (κ3) is 2.13. The molecule has 0 saturated heterocycles. The fourth-order valence-electron chi connectivity index (χ4n) is 1.41. The molecule has 0 amide bonds. The van der Waals surface area contributed by atoms with Gasteiger partial charge >= 0.3 is 5.97 Å². The Balaban J connectivity index is 2.48. The summed E-state index contributed by atoms with van der Waals surface area (Å²) in [5.41, 5.74) is 0.691. The van der Waals surface area contributed by atoms with E-state index in [4.69, 9.17) is 15.4 Å². The minimum absolute atomic E-state index is 0.0286. The molecule has 0 bridgehead atoms. The lowest BCUT2D eigenvalue weighted by molar-refractivity contribution is -0.135. The second-order valence-corrected chi connectivity index (χ2v) is 5.75. The summed E-state index contributed by atoms with van der Waals surface area (Å²) in [6.45, 7) is 0. The predicted molar refractivity (Wildman–Crippen MR) is 53.4 cm³/mol. The van der Waals surface area contributed by atoms with Gasteiger partial charge in [-0.3, -0.25) is 4.79 Å². The quantitative estimate of drug-likeness (QED) is 0.428. The summed E-state index contributed by atoms with van der Waals surface area (Å²) in [7, 11) is 1.48. The van der Waals surface area contributed by atoms with Crippen molar-refractivity contribution < 1.29 is 17.9 Å². The Hall–Kier alpha value is -1.07. The highest BCUT2D eigenvalue weighted by molar-refractivity contribution is 8.13. The largest absolute Gasteiger partial charge is 0.426 e. The van der Waals surface area contributed by atoms with E-state index in [2.05, 4.69) is 0 Å². The summed E-state index contributed by atoms with van der Waals surface area (Å²) in [6, 6.07) is 4.20. The first-order chi connectivity index (χ1) is 6.97. The molecular formula is C9H7ClO4S. The van der Waals surface area contributed by atoms with Gasteiger partial charge in [0.1, 0.15) is 5.75 Å². The van der Waals surface area contributed by atoms with Gasteiger partial charge in [-0.2, -0.15) is 0 Å². The van der Waals surface area contributed by atoms with E-state index in [1.807, 2.05) is 0 Å². The van der Waals surface area contributed by atoms with Crippen LogP contribution in [0, 0.1) is 0 Å². The van der Waals surface area contributed by atoms with Crippen LogP contribution in [0.1, 0.15) is 12.0 Å². The zero-order chi connectivity index (χ0) is 11.1. The predicted octanol–water partition coefficient (Wildman–Crippen LogP) is 1.47. The van der Waals surface area contributed by atoms with Crippen LogP contribution in [0.25, 0.3) is 0 Å². The van der Waals surface area contributed by atoms with E-state index < -0.39 is 9.05 Å². The van der Waals surface area contributed by atoms with E-state index >= 15 is 0 Å². The number of hydrogen-bond donors (Lipinski definition) is 0. The van der Waals surface area contributed by atoms with E-state index in [-0.39, 0.29) is 17.3 Å². The standard InChI is InChI=1S/C9H7ClO4S/c10-15(12,13)7-2-3-8-6(5-7)1-4-9(11)14-8/h2-3,5H,1,4H2. The fraction of sp³-hybridized carbons (Fsp3) is 0.222. The molecule has 0 radical (unpaired) electrons. The Kier molecular flexibility index (Phi) is 2.44. The summed E-state index contributed by atoms with van der Waals surface area (Å²) in [5.74, 6) is 0.110. The molecule has 0 fully saturated rings. The monoisotopic (exact) mass is 246 g/mol. The van der Waals surface area contributed by atoms with Crippen LogP contribution in [-0.2, 0) is 20.3 Å². The highest BCUT2D eigenvalue weighted by Crippen LogP contribution is 2.28. The second kappa shape index (κ2) is 3.50. The van der Waals surface area contributed by atoms with E-state index in [1.54, 1.807) is 0 Å². The fourth-order valence-corrected chi connectivity index (χ4v) is 2.21. The van der Waals surface area contributed by atoms with Gasteiger partial charge in [0.05, 0.1) is 11.3 Å². The van der Waals surface area contributed by atoms with Crippen LogP contribution in [0.2, 0.25) is 0 Å². The molecule has 1 aliphatic rings. The normalized spacial score (nSPS) is 15.7. The minimum Gasteiger partial charge on any atom is -0.426 e. The number of halogens is 1. The maximum Gasteiger partial charge on any atom is 0.311 e. The van der Waals surface area contributed by atoms with E-state index in [9.17, 15) is 13.2 Å². The Labute approximate surface area is 91.2 Å². The van der Waals surface area contributed by atoms with E-state index in [0.717, 1.165) is 0 Å². The third-order valence-electron chi connectivity index (χ3n) is 2.14. The summed E-state index contributed by atoms with van der Waals surface area (Å²) < 4.78 is 27.0. The first-order valence-electron chi connectivity index (χ1n) is 4.25. The van der Waals surface area contributed by atoms with Crippen molar-refractivity contribution in [1.82, 2.24) is 0 Å². The summed E-state index contributed by atoms with van der Waals surface area (Å²) in [4.78, 5) is 11.0.